The molecule has 0 bridgehead atoms. The van der Waals surface area contributed by atoms with Gasteiger partial charge in [-0.2, -0.15) is 5.10 Å². The highest BCUT2D eigenvalue weighted by Crippen LogP contribution is 2.25. The van der Waals surface area contributed by atoms with Gasteiger partial charge in [0.1, 0.15) is 5.69 Å². The Morgan fingerprint density at radius 1 is 0.929 bits per heavy atom. The van der Waals surface area contributed by atoms with E-state index in [-0.39, 0.29) is 5.91 Å². The minimum Gasteiger partial charge on any atom is -0.350 e. The van der Waals surface area contributed by atoms with Gasteiger partial charge in [-0.3, -0.25) is 19.9 Å². The van der Waals surface area contributed by atoms with Crippen LogP contribution in [0.25, 0.3) is 22.5 Å². The standard InChI is InChI=1S/C22H19N5O/c28-22(25-14-11-17-9-4-5-12-23-17)21-18(10-6-13-24-21)20-15-19(26-27-20)16-7-2-1-3-8-16/h1-10,12-13,15H,11,14H2,(H,25,28)(H,26,27). The Hall–Kier alpha value is -3.80. The summed E-state index contributed by atoms with van der Waals surface area (Å²) in [6, 6.07) is 21.2. The van der Waals surface area contributed by atoms with E-state index in [0.29, 0.717) is 29.9 Å². The second-order valence-corrected chi connectivity index (χ2v) is 6.26. The number of nitrogens with zero attached hydrogens (tertiary/aromatic N) is 3. The molecule has 138 valence electrons. The lowest BCUT2D eigenvalue weighted by Crippen LogP contribution is -2.27. The zero-order chi connectivity index (χ0) is 19.2. The summed E-state index contributed by atoms with van der Waals surface area (Å²) in [6.45, 7) is 0.488. The second kappa shape index (κ2) is 8.26. The van der Waals surface area contributed by atoms with Crippen molar-refractivity contribution in [1.82, 2.24) is 25.5 Å². The number of nitrogens with one attached hydrogen (secondary N) is 2. The van der Waals surface area contributed by atoms with Gasteiger partial charge in [0.15, 0.2) is 0 Å². The minimum atomic E-state index is -0.226. The Labute approximate surface area is 162 Å². The quantitative estimate of drug-likeness (QED) is 0.545. The van der Waals surface area contributed by atoms with E-state index in [1.54, 1.807) is 18.5 Å². The largest absolute Gasteiger partial charge is 0.350 e. The third kappa shape index (κ3) is 3.96. The van der Waals surface area contributed by atoms with Crippen LogP contribution in [0, 0.1) is 0 Å². The molecule has 0 spiro atoms. The molecule has 1 aromatic carbocycles. The number of aromatic amines is 1. The van der Waals surface area contributed by atoms with Gasteiger partial charge in [-0.1, -0.05) is 36.4 Å². The zero-order valence-electron chi connectivity index (χ0n) is 15.2. The number of pyridine rings is 2. The van der Waals surface area contributed by atoms with Crippen LogP contribution in [0.1, 0.15) is 16.2 Å². The number of benzene rings is 1. The molecule has 0 saturated heterocycles. The van der Waals surface area contributed by atoms with Crippen molar-refractivity contribution in [3.05, 3.63) is 90.5 Å². The summed E-state index contributed by atoms with van der Waals surface area (Å²) < 4.78 is 0. The van der Waals surface area contributed by atoms with Gasteiger partial charge in [0.05, 0.1) is 11.4 Å². The smallest absolute Gasteiger partial charge is 0.270 e. The number of H-pyrrole nitrogens is 1. The second-order valence-electron chi connectivity index (χ2n) is 6.26. The van der Waals surface area contributed by atoms with Crippen molar-refractivity contribution in [2.75, 3.05) is 6.54 Å². The van der Waals surface area contributed by atoms with Gasteiger partial charge < -0.3 is 5.32 Å². The van der Waals surface area contributed by atoms with Gasteiger partial charge in [0.2, 0.25) is 0 Å². The lowest BCUT2D eigenvalue weighted by atomic mass is 10.1. The van der Waals surface area contributed by atoms with Crippen LogP contribution in [0.15, 0.2) is 79.1 Å². The van der Waals surface area contributed by atoms with Crippen LogP contribution in [0.4, 0.5) is 0 Å². The summed E-state index contributed by atoms with van der Waals surface area (Å²) in [5.41, 5.74) is 4.59. The minimum absolute atomic E-state index is 0.226. The van der Waals surface area contributed by atoms with Gasteiger partial charge in [-0.05, 0) is 35.9 Å². The van der Waals surface area contributed by atoms with E-state index in [4.69, 9.17) is 0 Å². The highest BCUT2D eigenvalue weighted by atomic mass is 16.1. The van der Waals surface area contributed by atoms with Crippen molar-refractivity contribution in [3.8, 4) is 22.5 Å². The number of hydrogen-bond donors (Lipinski definition) is 2. The van der Waals surface area contributed by atoms with Crippen molar-refractivity contribution in [2.45, 2.75) is 6.42 Å². The molecule has 2 N–H and O–H groups in total. The van der Waals surface area contributed by atoms with Gasteiger partial charge >= 0.3 is 0 Å². The highest BCUT2D eigenvalue weighted by molar-refractivity contribution is 5.98. The summed E-state index contributed by atoms with van der Waals surface area (Å²) >= 11 is 0. The Kier molecular flexibility index (Phi) is 5.20. The number of rotatable bonds is 6. The van der Waals surface area contributed by atoms with E-state index in [1.165, 1.54) is 0 Å². The zero-order valence-corrected chi connectivity index (χ0v) is 15.2. The predicted octanol–water partition coefficient (Wildman–Crippen LogP) is 3.51. The molecule has 6 nitrogen and oxygen atoms in total. The van der Waals surface area contributed by atoms with Gasteiger partial charge in [0, 0.05) is 36.6 Å². The van der Waals surface area contributed by atoms with Gasteiger partial charge in [-0.25, -0.2) is 0 Å². The Bertz CT molecular complexity index is 1060. The first kappa shape index (κ1) is 17.6. The first-order chi connectivity index (χ1) is 13.8. The molecule has 0 saturated carbocycles. The third-order valence-corrected chi connectivity index (χ3v) is 4.35. The van der Waals surface area contributed by atoms with E-state index in [0.717, 1.165) is 17.0 Å². The van der Waals surface area contributed by atoms with E-state index in [1.807, 2.05) is 60.7 Å². The van der Waals surface area contributed by atoms with E-state index >= 15 is 0 Å². The maximum Gasteiger partial charge on any atom is 0.270 e. The molecule has 3 aromatic heterocycles. The summed E-state index contributed by atoms with van der Waals surface area (Å²) in [4.78, 5) is 21.2. The number of hydrogen-bond acceptors (Lipinski definition) is 4. The first-order valence-electron chi connectivity index (χ1n) is 9.05. The molecule has 0 aliphatic heterocycles. The maximum atomic E-state index is 12.7. The number of carbonyl (C=O) groups is 1. The van der Waals surface area contributed by atoms with E-state index in [2.05, 4.69) is 25.5 Å². The number of carbonyl (C=O) groups excluding carboxylic acids is 1. The molecule has 0 fully saturated rings. The SMILES string of the molecule is O=C(NCCc1ccccn1)c1ncccc1-c1cc(-c2ccccc2)[nH]n1. The normalized spacial score (nSPS) is 10.6. The van der Waals surface area contributed by atoms with E-state index in [9.17, 15) is 4.79 Å². The average molecular weight is 369 g/mol. The molecule has 28 heavy (non-hydrogen) atoms. The van der Waals surface area contributed by atoms with Gasteiger partial charge in [-0.15, -0.1) is 0 Å². The van der Waals surface area contributed by atoms with Crippen LogP contribution in [0.3, 0.4) is 0 Å². The van der Waals surface area contributed by atoms with Crippen molar-refractivity contribution in [1.29, 1.82) is 0 Å². The Morgan fingerprint density at radius 2 is 1.75 bits per heavy atom. The molecule has 4 aromatic rings. The van der Waals surface area contributed by atoms with Crippen LogP contribution >= 0.6 is 0 Å². The topological polar surface area (TPSA) is 83.6 Å². The highest BCUT2D eigenvalue weighted by Gasteiger charge is 2.16. The molecule has 6 heteroatoms. The van der Waals surface area contributed by atoms with Crippen molar-refractivity contribution < 1.29 is 4.79 Å². The molecule has 0 atom stereocenters. The average Bonchev–Trinajstić information content (AvgIpc) is 3.25. The molecule has 0 unspecified atom stereocenters. The number of aromatic nitrogens is 4. The molecule has 3 heterocycles. The van der Waals surface area contributed by atoms with Crippen LogP contribution in [0.5, 0.6) is 0 Å². The molecule has 0 aliphatic rings. The fourth-order valence-corrected chi connectivity index (χ4v) is 2.95. The van der Waals surface area contributed by atoms with Crippen LogP contribution in [0.2, 0.25) is 0 Å². The molecular weight excluding hydrogens is 350 g/mol. The fraction of sp³-hybridized carbons (Fsp3) is 0.0909. The lowest BCUT2D eigenvalue weighted by Gasteiger charge is -2.07. The van der Waals surface area contributed by atoms with Crippen molar-refractivity contribution in [2.24, 2.45) is 0 Å². The van der Waals surface area contributed by atoms with Crippen LogP contribution in [-0.4, -0.2) is 32.6 Å². The molecule has 1 amide bonds. The van der Waals surface area contributed by atoms with Crippen LogP contribution < -0.4 is 5.32 Å². The molecule has 0 aliphatic carbocycles. The summed E-state index contributed by atoms with van der Waals surface area (Å²) in [5.74, 6) is -0.226. The Morgan fingerprint density at radius 3 is 2.57 bits per heavy atom. The predicted molar refractivity (Wildman–Crippen MR) is 108 cm³/mol. The van der Waals surface area contributed by atoms with Crippen LogP contribution in [-0.2, 0) is 6.42 Å². The molecule has 4 rings (SSSR count). The molecular formula is C22H19N5O. The third-order valence-electron chi connectivity index (χ3n) is 4.35. The first-order valence-corrected chi connectivity index (χ1v) is 9.05. The number of amides is 1. The maximum absolute atomic E-state index is 12.7. The summed E-state index contributed by atoms with van der Waals surface area (Å²) in [6.07, 6.45) is 4.02. The lowest BCUT2D eigenvalue weighted by molar-refractivity contribution is 0.0950. The fourth-order valence-electron chi connectivity index (χ4n) is 2.95. The Balaban J connectivity index is 1.51. The van der Waals surface area contributed by atoms with E-state index < -0.39 is 0 Å². The van der Waals surface area contributed by atoms with Crippen molar-refractivity contribution >= 4 is 5.91 Å². The monoisotopic (exact) mass is 369 g/mol. The summed E-state index contributed by atoms with van der Waals surface area (Å²) in [5, 5.41) is 10.3. The molecule has 0 radical (unpaired) electrons. The van der Waals surface area contributed by atoms with Gasteiger partial charge in [0.25, 0.3) is 5.91 Å². The summed E-state index contributed by atoms with van der Waals surface area (Å²) in [7, 11) is 0. The van der Waals surface area contributed by atoms with Crippen molar-refractivity contribution in [3.63, 3.8) is 0 Å².